The maximum Gasteiger partial charge on any atom is 0.243 e. The van der Waals surface area contributed by atoms with E-state index in [0.29, 0.717) is 39.6 Å². The zero-order valence-electron chi connectivity index (χ0n) is 11.2. The quantitative estimate of drug-likeness (QED) is 0.855. The lowest BCUT2D eigenvalue weighted by Crippen LogP contribution is -2.29. The van der Waals surface area contributed by atoms with E-state index < -0.39 is 10.0 Å². The number of sulfonamides is 1. The summed E-state index contributed by atoms with van der Waals surface area (Å²) in [6, 6.07) is 3.37. The Balaban J connectivity index is 2.41. The number of halogens is 1. The summed E-state index contributed by atoms with van der Waals surface area (Å²) >= 11 is 3.31. The zero-order chi connectivity index (χ0) is 14.2. The van der Waals surface area contributed by atoms with Crippen molar-refractivity contribution in [2.45, 2.75) is 31.6 Å². The lowest BCUT2D eigenvalue weighted by molar-refractivity contribution is 0.452. The molecule has 106 valence electrons. The van der Waals surface area contributed by atoms with E-state index in [-0.39, 0.29) is 0 Å². The Labute approximate surface area is 123 Å². The van der Waals surface area contributed by atoms with Crippen LogP contribution < -0.4 is 5.73 Å². The topological polar surface area (TPSA) is 63.4 Å². The molecule has 1 aromatic rings. The van der Waals surface area contributed by atoms with Crippen molar-refractivity contribution in [1.29, 1.82) is 0 Å². The molecule has 0 aliphatic carbocycles. The molecule has 1 aliphatic heterocycles. The van der Waals surface area contributed by atoms with Crippen molar-refractivity contribution in [3.8, 4) is 0 Å². The van der Waals surface area contributed by atoms with Crippen LogP contribution in [0.15, 0.2) is 21.5 Å². The number of hydrogen-bond donors (Lipinski definition) is 1. The third-order valence-electron chi connectivity index (χ3n) is 3.81. The molecule has 0 spiro atoms. The molecule has 1 fully saturated rings. The van der Waals surface area contributed by atoms with E-state index in [1.54, 1.807) is 23.4 Å². The monoisotopic (exact) mass is 346 g/mol. The summed E-state index contributed by atoms with van der Waals surface area (Å²) in [6.45, 7) is 5.07. The lowest BCUT2D eigenvalue weighted by Gasteiger charge is -2.19. The number of nitrogens with two attached hydrogens (primary N) is 1. The van der Waals surface area contributed by atoms with Crippen LogP contribution in [0.5, 0.6) is 0 Å². The number of rotatable bonds is 3. The van der Waals surface area contributed by atoms with Crippen LogP contribution in [0.25, 0.3) is 0 Å². The molecular formula is C13H19BrN2O2S. The molecule has 0 aromatic heterocycles. The maximum absolute atomic E-state index is 12.7. The van der Waals surface area contributed by atoms with E-state index in [4.69, 9.17) is 5.73 Å². The molecule has 4 nitrogen and oxygen atoms in total. The van der Waals surface area contributed by atoms with Crippen LogP contribution in [0, 0.1) is 12.8 Å². The predicted octanol–water partition coefficient (Wildman–Crippen LogP) is 2.76. The van der Waals surface area contributed by atoms with Gasteiger partial charge in [-0.15, -0.1) is 0 Å². The third kappa shape index (κ3) is 2.80. The number of nitrogens with zero attached hydrogens (tertiary/aromatic N) is 1. The molecule has 1 aliphatic rings. The minimum Gasteiger partial charge on any atom is -0.398 e. The molecule has 0 amide bonds. The van der Waals surface area contributed by atoms with Crippen LogP contribution in [0.3, 0.4) is 0 Å². The average Bonchev–Trinajstić information content (AvgIpc) is 2.83. The molecule has 1 unspecified atom stereocenters. The maximum atomic E-state index is 12.7. The number of benzene rings is 1. The largest absolute Gasteiger partial charge is 0.398 e. The molecule has 6 heteroatoms. The SMILES string of the molecule is CCC1CCN(S(=O)(=O)c2cc(Br)cc(N)c2C)C1. The summed E-state index contributed by atoms with van der Waals surface area (Å²) in [6.07, 6.45) is 1.96. The summed E-state index contributed by atoms with van der Waals surface area (Å²) in [5.74, 6) is 0.472. The predicted molar refractivity (Wildman–Crippen MR) is 80.4 cm³/mol. The van der Waals surface area contributed by atoms with Gasteiger partial charge in [-0.3, -0.25) is 0 Å². The molecule has 2 N–H and O–H groups in total. The van der Waals surface area contributed by atoms with Crippen LogP contribution >= 0.6 is 15.9 Å². The highest BCUT2D eigenvalue weighted by atomic mass is 79.9. The summed E-state index contributed by atoms with van der Waals surface area (Å²) in [5, 5.41) is 0. The molecule has 1 aromatic carbocycles. The zero-order valence-corrected chi connectivity index (χ0v) is 13.6. The van der Waals surface area contributed by atoms with Crippen molar-refractivity contribution in [1.82, 2.24) is 4.31 Å². The second kappa shape index (κ2) is 5.42. The van der Waals surface area contributed by atoms with Crippen molar-refractivity contribution in [2.24, 2.45) is 5.92 Å². The highest BCUT2D eigenvalue weighted by Crippen LogP contribution is 2.31. The van der Waals surface area contributed by atoms with Gasteiger partial charge < -0.3 is 5.73 Å². The standard InChI is InChI=1S/C13H19BrN2O2S/c1-3-10-4-5-16(8-10)19(17,18)13-7-11(14)6-12(15)9(13)2/h6-7,10H,3-5,8,15H2,1-2H3. The van der Waals surface area contributed by atoms with E-state index in [0.717, 1.165) is 12.8 Å². The van der Waals surface area contributed by atoms with Crippen LogP contribution in [-0.4, -0.2) is 25.8 Å². The number of nitrogen functional groups attached to an aromatic ring is 1. The molecule has 1 saturated heterocycles. The first-order valence-corrected chi connectivity index (χ1v) is 8.65. The van der Waals surface area contributed by atoms with Crippen LogP contribution in [-0.2, 0) is 10.0 Å². The van der Waals surface area contributed by atoms with Gasteiger partial charge in [-0.2, -0.15) is 4.31 Å². The summed E-state index contributed by atoms with van der Waals surface area (Å²) in [5.41, 5.74) is 6.98. The van der Waals surface area contributed by atoms with E-state index >= 15 is 0 Å². The van der Waals surface area contributed by atoms with Gasteiger partial charge in [0.05, 0.1) is 4.90 Å². The van der Waals surface area contributed by atoms with Crippen LogP contribution in [0.4, 0.5) is 5.69 Å². The highest BCUT2D eigenvalue weighted by Gasteiger charge is 2.33. The molecule has 1 atom stereocenters. The van der Waals surface area contributed by atoms with Crippen molar-refractivity contribution in [3.63, 3.8) is 0 Å². The van der Waals surface area contributed by atoms with Crippen molar-refractivity contribution in [2.75, 3.05) is 18.8 Å². The second-order valence-corrected chi connectivity index (χ2v) is 7.87. The first kappa shape index (κ1) is 14.8. The van der Waals surface area contributed by atoms with Gasteiger partial charge >= 0.3 is 0 Å². The first-order chi connectivity index (χ1) is 8.86. The van der Waals surface area contributed by atoms with Crippen molar-refractivity contribution in [3.05, 3.63) is 22.2 Å². The van der Waals surface area contributed by atoms with Gasteiger partial charge in [-0.1, -0.05) is 29.3 Å². The Morgan fingerprint density at radius 3 is 2.74 bits per heavy atom. The molecule has 1 heterocycles. The van der Waals surface area contributed by atoms with E-state index in [1.165, 1.54) is 0 Å². The van der Waals surface area contributed by atoms with Crippen molar-refractivity contribution < 1.29 is 8.42 Å². The summed E-state index contributed by atoms with van der Waals surface area (Å²) in [4.78, 5) is 0.316. The van der Waals surface area contributed by atoms with Gasteiger partial charge in [-0.05, 0) is 37.0 Å². The van der Waals surface area contributed by atoms with Crippen LogP contribution in [0.2, 0.25) is 0 Å². The molecule has 0 bridgehead atoms. The molecule has 0 saturated carbocycles. The lowest BCUT2D eigenvalue weighted by atomic mass is 10.1. The molecule has 19 heavy (non-hydrogen) atoms. The Bertz CT molecular complexity index is 587. The molecular weight excluding hydrogens is 328 g/mol. The summed E-state index contributed by atoms with van der Waals surface area (Å²) < 4.78 is 27.6. The average molecular weight is 347 g/mol. The van der Waals surface area contributed by atoms with Gasteiger partial charge in [0, 0.05) is 23.2 Å². The van der Waals surface area contributed by atoms with E-state index in [9.17, 15) is 8.42 Å². The fourth-order valence-corrected chi connectivity index (χ4v) is 4.87. The molecule has 2 rings (SSSR count). The molecule has 0 radical (unpaired) electrons. The minimum absolute atomic E-state index is 0.316. The number of anilines is 1. The Hall–Kier alpha value is -0.590. The van der Waals surface area contributed by atoms with Crippen molar-refractivity contribution >= 4 is 31.6 Å². The van der Waals surface area contributed by atoms with E-state index in [2.05, 4.69) is 22.9 Å². The normalized spacial score (nSPS) is 20.9. The fraction of sp³-hybridized carbons (Fsp3) is 0.538. The van der Waals surface area contributed by atoms with Crippen LogP contribution in [0.1, 0.15) is 25.3 Å². The summed E-state index contributed by atoms with van der Waals surface area (Å²) in [7, 11) is -3.43. The fourth-order valence-electron chi connectivity index (χ4n) is 2.43. The number of hydrogen-bond acceptors (Lipinski definition) is 3. The van der Waals surface area contributed by atoms with Gasteiger partial charge in [0.1, 0.15) is 0 Å². The highest BCUT2D eigenvalue weighted by molar-refractivity contribution is 9.10. The minimum atomic E-state index is -3.43. The Morgan fingerprint density at radius 1 is 1.47 bits per heavy atom. The van der Waals surface area contributed by atoms with Gasteiger partial charge in [0.2, 0.25) is 10.0 Å². The van der Waals surface area contributed by atoms with Gasteiger partial charge in [-0.25, -0.2) is 8.42 Å². The third-order valence-corrected chi connectivity index (χ3v) is 6.26. The van der Waals surface area contributed by atoms with E-state index in [1.807, 2.05) is 0 Å². The van der Waals surface area contributed by atoms with Gasteiger partial charge in [0.25, 0.3) is 0 Å². The first-order valence-electron chi connectivity index (χ1n) is 6.42. The van der Waals surface area contributed by atoms with Gasteiger partial charge in [0.15, 0.2) is 0 Å². The Kier molecular flexibility index (Phi) is 4.23. The second-order valence-electron chi connectivity index (χ2n) is 5.04. The smallest absolute Gasteiger partial charge is 0.243 e. The Morgan fingerprint density at radius 2 is 2.16 bits per heavy atom.